The molecule has 1 aromatic heterocycles. The lowest BCUT2D eigenvalue weighted by molar-refractivity contribution is 0.317. The number of ether oxygens (including phenoxy) is 1. The van der Waals surface area contributed by atoms with E-state index in [1.807, 2.05) is 42.5 Å². The number of hydrogen-bond acceptors (Lipinski definition) is 3. The van der Waals surface area contributed by atoms with Gasteiger partial charge in [-0.15, -0.1) is 0 Å². The molecule has 0 radical (unpaired) electrons. The highest BCUT2D eigenvalue weighted by molar-refractivity contribution is 5.72. The van der Waals surface area contributed by atoms with Crippen molar-refractivity contribution in [2.75, 3.05) is 6.61 Å². The molecule has 3 rings (SSSR count). The van der Waals surface area contributed by atoms with Gasteiger partial charge in [0.25, 0.3) is 0 Å². The van der Waals surface area contributed by atoms with Crippen LogP contribution in [-0.4, -0.2) is 11.2 Å². The van der Waals surface area contributed by atoms with E-state index in [0.717, 1.165) is 23.3 Å². The van der Waals surface area contributed by atoms with Crippen LogP contribution in [0.15, 0.2) is 57.7 Å². The molecule has 0 amide bonds. The van der Waals surface area contributed by atoms with E-state index in [-0.39, 0.29) is 5.76 Å². The summed E-state index contributed by atoms with van der Waals surface area (Å²) < 4.78 is 12.4. The molecule has 0 aliphatic carbocycles. The fourth-order valence-electron chi connectivity index (χ4n) is 2.26. The molecule has 21 heavy (non-hydrogen) atoms. The first-order chi connectivity index (χ1) is 10.3. The van der Waals surface area contributed by atoms with Crippen molar-refractivity contribution in [3.8, 4) is 5.75 Å². The largest absolute Gasteiger partial charge is 0.494 e. The number of para-hydroxylation sites is 2. The normalized spacial score (nSPS) is 10.9. The Bertz CT molecular complexity index is 784. The summed E-state index contributed by atoms with van der Waals surface area (Å²) in [4.78, 5) is 11.9. The molecule has 0 aliphatic heterocycles. The molecule has 2 aromatic carbocycles. The minimum Gasteiger partial charge on any atom is -0.494 e. The third-order valence-corrected chi connectivity index (χ3v) is 3.31. The predicted octanol–water partition coefficient (Wildman–Crippen LogP) is 3.43. The molecule has 0 N–H and O–H groups in total. The van der Waals surface area contributed by atoms with Crippen LogP contribution < -0.4 is 10.5 Å². The van der Waals surface area contributed by atoms with Gasteiger partial charge in [-0.3, -0.25) is 4.57 Å². The molecular formula is C17H17NO3. The van der Waals surface area contributed by atoms with Crippen LogP contribution in [0, 0.1) is 0 Å². The van der Waals surface area contributed by atoms with Crippen LogP contribution in [0.2, 0.25) is 0 Å². The van der Waals surface area contributed by atoms with E-state index < -0.39 is 0 Å². The van der Waals surface area contributed by atoms with Gasteiger partial charge in [-0.25, -0.2) is 4.79 Å². The lowest BCUT2D eigenvalue weighted by Gasteiger charge is -2.06. The van der Waals surface area contributed by atoms with Gasteiger partial charge in [0.05, 0.1) is 18.7 Å². The Balaban J connectivity index is 1.85. The first-order valence-electron chi connectivity index (χ1n) is 7.08. The van der Waals surface area contributed by atoms with E-state index >= 15 is 0 Å². The minimum absolute atomic E-state index is 0.331. The van der Waals surface area contributed by atoms with Crippen molar-refractivity contribution in [1.29, 1.82) is 0 Å². The number of fused-ring (bicyclic) bond motifs is 1. The standard InChI is InChI=1S/C17H17NO3/c1-2-11-20-14-9-7-13(8-10-14)12-18-15-5-3-4-6-16(15)21-17(18)19/h3-10H,2,11-12H2,1H3. The van der Waals surface area contributed by atoms with Crippen LogP contribution in [0.5, 0.6) is 5.75 Å². The van der Waals surface area contributed by atoms with Gasteiger partial charge in [-0.1, -0.05) is 31.2 Å². The fourth-order valence-corrected chi connectivity index (χ4v) is 2.26. The molecule has 0 spiro atoms. The first kappa shape index (κ1) is 13.5. The van der Waals surface area contributed by atoms with Crippen LogP contribution in [-0.2, 0) is 6.54 Å². The zero-order chi connectivity index (χ0) is 14.7. The van der Waals surface area contributed by atoms with E-state index in [4.69, 9.17) is 9.15 Å². The molecule has 3 aromatic rings. The Hall–Kier alpha value is -2.49. The monoisotopic (exact) mass is 283 g/mol. The van der Waals surface area contributed by atoms with Crippen molar-refractivity contribution in [3.05, 3.63) is 64.6 Å². The maximum Gasteiger partial charge on any atom is 0.420 e. The van der Waals surface area contributed by atoms with Crippen molar-refractivity contribution in [2.24, 2.45) is 0 Å². The second-order valence-electron chi connectivity index (χ2n) is 4.91. The molecular weight excluding hydrogens is 266 g/mol. The molecule has 108 valence electrons. The highest BCUT2D eigenvalue weighted by atomic mass is 16.5. The summed E-state index contributed by atoms with van der Waals surface area (Å²) in [7, 11) is 0. The number of nitrogens with zero attached hydrogens (tertiary/aromatic N) is 1. The summed E-state index contributed by atoms with van der Waals surface area (Å²) in [6.45, 7) is 3.28. The lowest BCUT2D eigenvalue weighted by atomic mass is 10.2. The number of aromatic nitrogens is 1. The Morgan fingerprint density at radius 2 is 1.86 bits per heavy atom. The summed E-state index contributed by atoms with van der Waals surface area (Å²) in [6.07, 6.45) is 0.984. The second-order valence-corrected chi connectivity index (χ2v) is 4.91. The molecule has 0 atom stereocenters. The van der Waals surface area contributed by atoms with Crippen molar-refractivity contribution in [2.45, 2.75) is 19.9 Å². The summed E-state index contributed by atoms with van der Waals surface area (Å²) >= 11 is 0. The summed E-state index contributed by atoms with van der Waals surface area (Å²) in [6, 6.07) is 15.2. The lowest BCUT2D eigenvalue weighted by Crippen LogP contribution is -2.14. The Morgan fingerprint density at radius 3 is 2.62 bits per heavy atom. The highest BCUT2D eigenvalue weighted by Crippen LogP contribution is 2.16. The zero-order valence-corrected chi connectivity index (χ0v) is 11.9. The number of hydrogen-bond donors (Lipinski definition) is 0. The van der Waals surface area contributed by atoms with Crippen molar-refractivity contribution < 1.29 is 9.15 Å². The predicted molar refractivity (Wildman–Crippen MR) is 81.8 cm³/mol. The van der Waals surface area contributed by atoms with Gasteiger partial charge in [-0.05, 0) is 36.2 Å². The van der Waals surface area contributed by atoms with Crippen LogP contribution in [0.3, 0.4) is 0 Å². The number of oxazole rings is 1. The van der Waals surface area contributed by atoms with Crippen LogP contribution in [0.25, 0.3) is 11.1 Å². The van der Waals surface area contributed by atoms with E-state index in [9.17, 15) is 4.79 Å². The third kappa shape index (κ3) is 2.84. The maximum atomic E-state index is 11.9. The molecule has 0 aliphatic rings. The number of benzene rings is 2. The minimum atomic E-state index is -0.331. The van der Waals surface area contributed by atoms with E-state index in [2.05, 4.69) is 6.92 Å². The Morgan fingerprint density at radius 1 is 1.10 bits per heavy atom. The van der Waals surface area contributed by atoms with Gasteiger partial charge in [0.1, 0.15) is 5.75 Å². The second kappa shape index (κ2) is 5.87. The van der Waals surface area contributed by atoms with E-state index in [1.54, 1.807) is 10.6 Å². The summed E-state index contributed by atoms with van der Waals surface area (Å²) in [5.41, 5.74) is 2.46. The average Bonchev–Trinajstić information content (AvgIpc) is 2.83. The van der Waals surface area contributed by atoms with Gasteiger partial charge < -0.3 is 9.15 Å². The molecule has 0 saturated carbocycles. The van der Waals surface area contributed by atoms with Crippen molar-refractivity contribution in [1.82, 2.24) is 4.57 Å². The number of rotatable bonds is 5. The van der Waals surface area contributed by atoms with Gasteiger partial charge in [-0.2, -0.15) is 0 Å². The Labute approximate surface area is 122 Å². The molecule has 0 unspecified atom stereocenters. The van der Waals surface area contributed by atoms with Crippen molar-refractivity contribution in [3.63, 3.8) is 0 Å². The summed E-state index contributed by atoms with van der Waals surface area (Å²) in [5, 5.41) is 0. The van der Waals surface area contributed by atoms with Gasteiger partial charge in [0.15, 0.2) is 5.58 Å². The van der Waals surface area contributed by atoms with Crippen LogP contribution in [0.1, 0.15) is 18.9 Å². The molecule has 0 saturated heterocycles. The molecule has 4 heteroatoms. The molecule has 0 bridgehead atoms. The van der Waals surface area contributed by atoms with Crippen molar-refractivity contribution >= 4 is 11.1 Å². The third-order valence-electron chi connectivity index (χ3n) is 3.31. The SMILES string of the molecule is CCCOc1ccc(Cn2c(=O)oc3ccccc32)cc1. The molecule has 4 nitrogen and oxygen atoms in total. The van der Waals surface area contributed by atoms with Crippen LogP contribution >= 0.6 is 0 Å². The average molecular weight is 283 g/mol. The zero-order valence-electron chi connectivity index (χ0n) is 11.9. The molecule has 0 fully saturated rings. The summed E-state index contributed by atoms with van der Waals surface area (Å²) in [5.74, 6) is 0.521. The fraction of sp³-hybridized carbons (Fsp3) is 0.235. The first-order valence-corrected chi connectivity index (χ1v) is 7.08. The van der Waals surface area contributed by atoms with Gasteiger partial charge in [0, 0.05) is 0 Å². The van der Waals surface area contributed by atoms with Gasteiger partial charge in [0.2, 0.25) is 0 Å². The smallest absolute Gasteiger partial charge is 0.420 e. The van der Waals surface area contributed by atoms with E-state index in [0.29, 0.717) is 18.7 Å². The van der Waals surface area contributed by atoms with Gasteiger partial charge >= 0.3 is 5.76 Å². The highest BCUT2D eigenvalue weighted by Gasteiger charge is 2.08. The van der Waals surface area contributed by atoms with Crippen LogP contribution in [0.4, 0.5) is 0 Å². The Kier molecular flexibility index (Phi) is 3.77. The molecule has 1 heterocycles. The quantitative estimate of drug-likeness (QED) is 0.720. The topological polar surface area (TPSA) is 44.4 Å². The van der Waals surface area contributed by atoms with E-state index in [1.165, 1.54) is 0 Å². The maximum absolute atomic E-state index is 11.9.